The second-order valence-electron chi connectivity index (χ2n) is 5.38. The predicted molar refractivity (Wildman–Crippen MR) is 79.4 cm³/mol. The van der Waals surface area contributed by atoms with Crippen molar-refractivity contribution in [3.8, 4) is 0 Å². The Kier molecular flexibility index (Phi) is 5.92. The first-order chi connectivity index (χ1) is 10.2. The van der Waals surface area contributed by atoms with E-state index in [4.69, 9.17) is 4.74 Å². The number of hydrogen-bond acceptors (Lipinski definition) is 5. The summed E-state index contributed by atoms with van der Waals surface area (Å²) in [5.74, 6) is -0.168. The van der Waals surface area contributed by atoms with Gasteiger partial charge in [-0.15, -0.1) is 0 Å². The van der Waals surface area contributed by atoms with Crippen LogP contribution in [0.15, 0.2) is 6.33 Å². The highest BCUT2D eigenvalue weighted by atomic mass is 16.5. The number of carboxylic acids is 1. The number of aliphatic carboxylic acids is 1. The molecule has 0 radical (unpaired) electrons. The van der Waals surface area contributed by atoms with Crippen molar-refractivity contribution in [2.75, 3.05) is 19.0 Å². The number of nitrogens with one attached hydrogen (secondary N) is 1. The largest absolute Gasteiger partial charge is 0.480 e. The van der Waals surface area contributed by atoms with E-state index in [2.05, 4.69) is 15.3 Å². The van der Waals surface area contributed by atoms with Crippen LogP contribution < -0.4 is 5.32 Å². The second-order valence-corrected chi connectivity index (χ2v) is 5.38. The molecule has 0 saturated heterocycles. The van der Waals surface area contributed by atoms with Crippen molar-refractivity contribution in [1.29, 1.82) is 0 Å². The molecule has 2 N–H and O–H groups in total. The standard InChI is InChI=1S/C15H23N3O3/c1-21-9-5-8-13(15(19)20)18-14-11-6-3-2-4-7-12(11)16-10-17-14/h10,13H,2-9H2,1H3,(H,19,20)(H,16,17,18). The maximum atomic E-state index is 11.4. The third-order valence-corrected chi connectivity index (χ3v) is 3.83. The Hall–Kier alpha value is -1.69. The van der Waals surface area contributed by atoms with Crippen molar-refractivity contribution in [2.24, 2.45) is 0 Å². The Labute approximate surface area is 124 Å². The molecule has 1 aliphatic rings. The van der Waals surface area contributed by atoms with Crippen LogP contribution in [-0.2, 0) is 22.4 Å². The van der Waals surface area contributed by atoms with E-state index < -0.39 is 12.0 Å². The van der Waals surface area contributed by atoms with Gasteiger partial charge in [-0.3, -0.25) is 0 Å². The van der Waals surface area contributed by atoms with Gasteiger partial charge in [0, 0.05) is 25.0 Å². The van der Waals surface area contributed by atoms with E-state index in [0.29, 0.717) is 25.3 Å². The summed E-state index contributed by atoms with van der Waals surface area (Å²) in [6.07, 6.45) is 8.05. The Balaban J connectivity index is 2.11. The fourth-order valence-corrected chi connectivity index (χ4v) is 2.68. The molecule has 0 bridgehead atoms. The van der Waals surface area contributed by atoms with Gasteiger partial charge in [-0.05, 0) is 38.5 Å². The number of rotatable bonds is 7. The van der Waals surface area contributed by atoms with E-state index in [1.54, 1.807) is 7.11 Å². The lowest BCUT2D eigenvalue weighted by Gasteiger charge is -2.18. The first-order valence-electron chi connectivity index (χ1n) is 7.53. The second kappa shape index (κ2) is 7.93. The number of aromatic nitrogens is 2. The highest BCUT2D eigenvalue weighted by Crippen LogP contribution is 2.24. The SMILES string of the molecule is COCCCC(Nc1ncnc2c1CCCCC2)C(=O)O. The van der Waals surface area contributed by atoms with Gasteiger partial charge in [0.25, 0.3) is 0 Å². The molecule has 0 spiro atoms. The zero-order chi connectivity index (χ0) is 15.1. The predicted octanol–water partition coefficient (Wildman–Crippen LogP) is 2.04. The van der Waals surface area contributed by atoms with E-state index in [1.165, 1.54) is 12.7 Å². The van der Waals surface area contributed by atoms with Crippen molar-refractivity contribution in [2.45, 2.75) is 51.0 Å². The molecular weight excluding hydrogens is 270 g/mol. The lowest BCUT2D eigenvalue weighted by molar-refractivity contribution is -0.138. The van der Waals surface area contributed by atoms with Crippen LogP contribution in [0.5, 0.6) is 0 Å². The Bertz CT molecular complexity index is 479. The Morgan fingerprint density at radius 1 is 1.38 bits per heavy atom. The lowest BCUT2D eigenvalue weighted by Crippen LogP contribution is -2.30. The first-order valence-corrected chi connectivity index (χ1v) is 7.53. The number of methoxy groups -OCH3 is 1. The maximum Gasteiger partial charge on any atom is 0.326 e. The van der Waals surface area contributed by atoms with Crippen LogP contribution >= 0.6 is 0 Å². The molecule has 0 aliphatic heterocycles. The molecule has 2 rings (SSSR count). The van der Waals surface area contributed by atoms with Gasteiger partial charge in [-0.25, -0.2) is 14.8 Å². The average Bonchev–Trinajstić information content (AvgIpc) is 2.72. The molecule has 6 heteroatoms. The fraction of sp³-hybridized carbons (Fsp3) is 0.667. The molecule has 21 heavy (non-hydrogen) atoms. The van der Waals surface area contributed by atoms with Gasteiger partial charge in [0.05, 0.1) is 0 Å². The summed E-state index contributed by atoms with van der Waals surface area (Å²) in [5.41, 5.74) is 2.15. The van der Waals surface area contributed by atoms with E-state index in [9.17, 15) is 9.90 Å². The molecule has 1 unspecified atom stereocenters. The summed E-state index contributed by atoms with van der Waals surface area (Å²) in [6, 6.07) is -0.637. The van der Waals surface area contributed by atoms with Gasteiger partial charge in [-0.1, -0.05) is 6.42 Å². The van der Waals surface area contributed by atoms with Crippen molar-refractivity contribution in [3.63, 3.8) is 0 Å². The maximum absolute atomic E-state index is 11.4. The van der Waals surface area contributed by atoms with Gasteiger partial charge in [0.15, 0.2) is 0 Å². The smallest absolute Gasteiger partial charge is 0.326 e. The van der Waals surface area contributed by atoms with E-state index in [1.807, 2.05) is 0 Å². The van der Waals surface area contributed by atoms with Gasteiger partial charge >= 0.3 is 5.97 Å². The number of ether oxygens (including phenoxy) is 1. The molecule has 116 valence electrons. The molecule has 0 fully saturated rings. The summed E-state index contributed by atoms with van der Waals surface area (Å²) in [4.78, 5) is 20.0. The van der Waals surface area contributed by atoms with Crippen LogP contribution in [0.3, 0.4) is 0 Å². The molecule has 0 amide bonds. The fourth-order valence-electron chi connectivity index (χ4n) is 2.68. The van der Waals surface area contributed by atoms with Crippen LogP contribution in [0.2, 0.25) is 0 Å². The van der Waals surface area contributed by atoms with Gasteiger partial charge in [0.2, 0.25) is 0 Å². The van der Waals surface area contributed by atoms with E-state index in [0.717, 1.165) is 36.9 Å². The zero-order valence-corrected chi connectivity index (χ0v) is 12.5. The lowest BCUT2D eigenvalue weighted by atomic mass is 10.1. The molecule has 0 saturated carbocycles. The number of aryl methyl sites for hydroxylation is 1. The molecule has 1 atom stereocenters. The first kappa shape index (κ1) is 15.7. The average molecular weight is 293 g/mol. The normalized spacial score (nSPS) is 15.9. The molecule has 6 nitrogen and oxygen atoms in total. The summed E-state index contributed by atoms with van der Waals surface area (Å²) < 4.78 is 4.98. The summed E-state index contributed by atoms with van der Waals surface area (Å²) in [6.45, 7) is 0.563. The quantitative estimate of drug-likeness (QED) is 0.591. The molecule has 1 aromatic rings. The van der Waals surface area contributed by atoms with Crippen molar-refractivity contribution >= 4 is 11.8 Å². The number of anilines is 1. The van der Waals surface area contributed by atoms with Crippen LogP contribution in [0, 0.1) is 0 Å². The highest BCUT2D eigenvalue weighted by Gasteiger charge is 2.21. The minimum Gasteiger partial charge on any atom is -0.480 e. The molecular formula is C15H23N3O3. The summed E-state index contributed by atoms with van der Waals surface area (Å²) >= 11 is 0. The number of carboxylic acid groups (broad SMARTS) is 1. The minimum atomic E-state index is -0.855. The van der Waals surface area contributed by atoms with Crippen LogP contribution in [0.25, 0.3) is 0 Å². The van der Waals surface area contributed by atoms with Crippen molar-refractivity contribution in [1.82, 2.24) is 9.97 Å². The molecule has 1 aromatic heterocycles. The molecule has 0 aromatic carbocycles. The number of nitrogens with zero attached hydrogens (tertiary/aromatic N) is 2. The summed E-state index contributed by atoms with van der Waals surface area (Å²) in [7, 11) is 1.62. The van der Waals surface area contributed by atoms with Gasteiger partial charge < -0.3 is 15.2 Å². The van der Waals surface area contributed by atoms with Crippen LogP contribution in [-0.4, -0.2) is 40.8 Å². The van der Waals surface area contributed by atoms with Crippen LogP contribution in [0.4, 0.5) is 5.82 Å². The number of fused-ring (bicyclic) bond motifs is 1. The van der Waals surface area contributed by atoms with E-state index >= 15 is 0 Å². The number of hydrogen-bond donors (Lipinski definition) is 2. The van der Waals surface area contributed by atoms with Crippen LogP contribution in [0.1, 0.15) is 43.4 Å². The zero-order valence-electron chi connectivity index (χ0n) is 12.5. The van der Waals surface area contributed by atoms with Crippen molar-refractivity contribution < 1.29 is 14.6 Å². The highest BCUT2D eigenvalue weighted by molar-refractivity contribution is 5.77. The Morgan fingerprint density at radius 2 is 2.19 bits per heavy atom. The third-order valence-electron chi connectivity index (χ3n) is 3.83. The van der Waals surface area contributed by atoms with Gasteiger partial charge in [0.1, 0.15) is 18.2 Å². The molecule has 1 heterocycles. The topological polar surface area (TPSA) is 84.3 Å². The summed E-state index contributed by atoms with van der Waals surface area (Å²) in [5, 5.41) is 12.4. The minimum absolute atomic E-state index is 0.516. The van der Waals surface area contributed by atoms with Gasteiger partial charge in [-0.2, -0.15) is 0 Å². The Morgan fingerprint density at radius 3 is 2.95 bits per heavy atom. The van der Waals surface area contributed by atoms with Crippen molar-refractivity contribution in [3.05, 3.63) is 17.6 Å². The van der Waals surface area contributed by atoms with E-state index in [-0.39, 0.29) is 0 Å². The number of carbonyl (C=O) groups is 1. The molecule has 1 aliphatic carbocycles. The third kappa shape index (κ3) is 4.39. The monoisotopic (exact) mass is 293 g/mol.